The van der Waals surface area contributed by atoms with E-state index in [4.69, 9.17) is 10.5 Å². The molecule has 0 radical (unpaired) electrons. The lowest BCUT2D eigenvalue weighted by atomic mass is 10.1. The van der Waals surface area contributed by atoms with E-state index >= 15 is 0 Å². The van der Waals surface area contributed by atoms with Crippen molar-refractivity contribution < 1.29 is 9.53 Å². The summed E-state index contributed by atoms with van der Waals surface area (Å²) in [6.45, 7) is 6.44. The summed E-state index contributed by atoms with van der Waals surface area (Å²) >= 11 is 0. The molecular weight excluding hydrogens is 192 g/mol. The Labute approximate surface area is 90.8 Å². The molecule has 1 saturated carbocycles. The van der Waals surface area contributed by atoms with Crippen molar-refractivity contribution in [2.45, 2.75) is 51.3 Å². The first-order valence-electron chi connectivity index (χ1n) is 5.64. The zero-order valence-corrected chi connectivity index (χ0v) is 9.69. The molecule has 0 aromatic carbocycles. The van der Waals surface area contributed by atoms with Crippen molar-refractivity contribution >= 4 is 6.09 Å². The topological polar surface area (TPSA) is 55.6 Å². The molecule has 1 saturated heterocycles. The van der Waals surface area contributed by atoms with Gasteiger partial charge in [0.05, 0.1) is 6.04 Å². The Balaban J connectivity index is 1.99. The predicted molar refractivity (Wildman–Crippen MR) is 57.4 cm³/mol. The summed E-state index contributed by atoms with van der Waals surface area (Å²) in [5.74, 6) is 0.488. The lowest BCUT2D eigenvalue weighted by Crippen LogP contribution is -2.44. The zero-order valence-electron chi connectivity index (χ0n) is 9.69. The minimum absolute atomic E-state index is 0.164. The maximum Gasteiger partial charge on any atom is 0.410 e. The summed E-state index contributed by atoms with van der Waals surface area (Å²) in [5.41, 5.74) is 5.61. The van der Waals surface area contributed by atoms with Gasteiger partial charge in [-0.15, -0.1) is 0 Å². The minimum Gasteiger partial charge on any atom is -0.444 e. The molecule has 4 heteroatoms. The number of hydrogen-bond donors (Lipinski definition) is 1. The molecule has 2 rings (SSSR count). The molecule has 2 N–H and O–H groups in total. The van der Waals surface area contributed by atoms with Crippen molar-refractivity contribution in [3.8, 4) is 0 Å². The van der Waals surface area contributed by atoms with Crippen molar-refractivity contribution in [1.29, 1.82) is 0 Å². The first kappa shape index (κ1) is 10.7. The highest BCUT2D eigenvalue weighted by Crippen LogP contribution is 2.37. The molecule has 2 aliphatic rings. The van der Waals surface area contributed by atoms with Crippen LogP contribution in [-0.4, -0.2) is 35.2 Å². The van der Waals surface area contributed by atoms with Crippen molar-refractivity contribution in [2.75, 3.05) is 6.54 Å². The van der Waals surface area contributed by atoms with Gasteiger partial charge in [-0.2, -0.15) is 0 Å². The van der Waals surface area contributed by atoms with Gasteiger partial charge in [-0.1, -0.05) is 0 Å². The van der Waals surface area contributed by atoms with E-state index in [1.807, 2.05) is 25.7 Å². The highest BCUT2D eigenvalue weighted by atomic mass is 16.6. The third-order valence-electron chi connectivity index (χ3n) is 3.28. The molecule has 0 unspecified atom stereocenters. The molecule has 15 heavy (non-hydrogen) atoms. The Morgan fingerprint density at radius 3 is 2.47 bits per heavy atom. The van der Waals surface area contributed by atoms with E-state index in [-0.39, 0.29) is 18.2 Å². The molecule has 1 aliphatic carbocycles. The van der Waals surface area contributed by atoms with Gasteiger partial charge in [-0.25, -0.2) is 4.79 Å². The molecule has 0 aromatic rings. The third-order valence-corrected chi connectivity index (χ3v) is 3.28. The summed E-state index contributed by atoms with van der Waals surface area (Å²) in [6, 6.07) is 0.377. The first-order valence-corrected chi connectivity index (χ1v) is 5.64. The largest absolute Gasteiger partial charge is 0.444 e. The standard InChI is InChI=1S/C11H20N2O2/c1-11(2,3)15-10(14)13-6-7-4-5-8(13)9(7)12/h7-9H,4-6,12H2,1-3H3/t7-,8-,9+/m1/s1. The van der Waals surface area contributed by atoms with Crippen LogP contribution in [0.25, 0.3) is 0 Å². The summed E-state index contributed by atoms with van der Waals surface area (Å²) in [4.78, 5) is 13.7. The van der Waals surface area contributed by atoms with E-state index in [1.165, 1.54) is 0 Å². The Hall–Kier alpha value is -0.770. The Kier molecular flexibility index (Phi) is 2.41. The number of likely N-dealkylation sites (tertiary alicyclic amines) is 1. The number of piperidine rings is 1. The molecule has 1 aliphatic heterocycles. The van der Waals surface area contributed by atoms with Crippen LogP contribution in [0.4, 0.5) is 4.79 Å². The summed E-state index contributed by atoms with van der Waals surface area (Å²) in [6.07, 6.45) is 1.99. The average Bonchev–Trinajstić information content (AvgIpc) is 2.59. The van der Waals surface area contributed by atoms with E-state index in [2.05, 4.69) is 0 Å². The monoisotopic (exact) mass is 212 g/mol. The minimum atomic E-state index is -0.414. The zero-order chi connectivity index (χ0) is 11.2. The maximum absolute atomic E-state index is 11.8. The van der Waals surface area contributed by atoms with Gasteiger partial charge in [0.15, 0.2) is 0 Å². The van der Waals surface area contributed by atoms with E-state index < -0.39 is 5.60 Å². The Morgan fingerprint density at radius 1 is 1.40 bits per heavy atom. The Bertz CT molecular complexity index is 272. The molecule has 2 bridgehead atoms. The second kappa shape index (κ2) is 3.37. The van der Waals surface area contributed by atoms with Crippen LogP contribution < -0.4 is 5.73 Å². The lowest BCUT2D eigenvalue weighted by molar-refractivity contribution is 0.0188. The van der Waals surface area contributed by atoms with Crippen molar-refractivity contribution in [3.05, 3.63) is 0 Å². The molecule has 2 fully saturated rings. The number of hydrogen-bond acceptors (Lipinski definition) is 3. The maximum atomic E-state index is 11.8. The molecule has 4 nitrogen and oxygen atoms in total. The molecule has 86 valence electrons. The van der Waals surface area contributed by atoms with Gasteiger partial charge in [-0.3, -0.25) is 0 Å². The smallest absolute Gasteiger partial charge is 0.410 e. The van der Waals surface area contributed by atoms with Gasteiger partial charge in [0.1, 0.15) is 5.60 Å². The van der Waals surface area contributed by atoms with Gasteiger partial charge in [0, 0.05) is 12.6 Å². The Morgan fingerprint density at radius 2 is 2.07 bits per heavy atom. The van der Waals surface area contributed by atoms with E-state index in [0.717, 1.165) is 19.4 Å². The molecule has 0 aromatic heterocycles. The summed E-state index contributed by atoms with van der Waals surface area (Å²) < 4.78 is 5.35. The normalized spacial score (nSPS) is 34.7. The van der Waals surface area contributed by atoms with Crippen molar-refractivity contribution in [1.82, 2.24) is 4.90 Å². The summed E-state index contributed by atoms with van der Waals surface area (Å²) in [5, 5.41) is 0. The highest BCUT2D eigenvalue weighted by Gasteiger charge is 2.47. The average molecular weight is 212 g/mol. The van der Waals surface area contributed by atoms with Crippen LogP contribution in [-0.2, 0) is 4.74 Å². The molecule has 1 amide bonds. The SMILES string of the molecule is CC(C)(C)OC(=O)N1C[C@H]2CC[C@@H]1[C@H]2N. The number of fused-ring (bicyclic) bond motifs is 2. The van der Waals surface area contributed by atoms with Crippen LogP contribution in [0.15, 0.2) is 0 Å². The number of rotatable bonds is 0. The highest BCUT2D eigenvalue weighted by molar-refractivity contribution is 5.69. The number of amides is 1. The van der Waals surface area contributed by atoms with Gasteiger partial charge in [0.2, 0.25) is 0 Å². The van der Waals surface area contributed by atoms with Gasteiger partial charge < -0.3 is 15.4 Å². The number of nitrogens with zero attached hydrogens (tertiary/aromatic N) is 1. The number of nitrogens with two attached hydrogens (primary N) is 1. The molecule has 0 spiro atoms. The number of carbonyl (C=O) groups is 1. The molecule has 3 atom stereocenters. The second-order valence-corrected chi connectivity index (χ2v) is 5.61. The fourth-order valence-electron chi connectivity index (χ4n) is 2.58. The molecular formula is C11H20N2O2. The van der Waals surface area contributed by atoms with Crippen LogP contribution in [0.5, 0.6) is 0 Å². The fraction of sp³-hybridized carbons (Fsp3) is 0.909. The predicted octanol–water partition coefficient (Wildman–Crippen LogP) is 1.34. The van der Waals surface area contributed by atoms with Gasteiger partial charge in [0.25, 0.3) is 0 Å². The van der Waals surface area contributed by atoms with Gasteiger partial charge in [-0.05, 0) is 39.5 Å². The first-order chi connectivity index (χ1) is 6.88. The van der Waals surface area contributed by atoms with Crippen LogP contribution in [0.3, 0.4) is 0 Å². The van der Waals surface area contributed by atoms with E-state index in [1.54, 1.807) is 0 Å². The fourth-order valence-corrected chi connectivity index (χ4v) is 2.58. The lowest BCUT2D eigenvalue weighted by Gasteiger charge is -2.30. The summed E-state index contributed by atoms with van der Waals surface area (Å²) in [7, 11) is 0. The molecule has 1 heterocycles. The van der Waals surface area contributed by atoms with Crippen LogP contribution in [0.1, 0.15) is 33.6 Å². The third kappa shape index (κ3) is 1.95. The second-order valence-electron chi connectivity index (χ2n) is 5.61. The van der Waals surface area contributed by atoms with Crippen LogP contribution >= 0.6 is 0 Å². The van der Waals surface area contributed by atoms with Crippen LogP contribution in [0.2, 0.25) is 0 Å². The van der Waals surface area contributed by atoms with E-state index in [9.17, 15) is 4.79 Å². The van der Waals surface area contributed by atoms with Crippen LogP contribution in [0, 0.1) is 5.92 Å². The van der Waals surface area contributed by atoms with Crippen molar-refractivity contribution in [2.24, 2.45) is 11.7 Å². The van der Waals surface area contributed by atoms with Gasteiger partial charge >= 0.3 is 6.09 Å². The van der Waals surface area contributed by atoms with E-state index in [0.29, 0.717) is 5.92 Å². The quantitative estimate of drug-likeness (QED) is 0.659. The number of carbonyl (C=O) groups excluding carboxylic acids is 1. The van der Waals surface area contributed by atoms with Crippen molar-refractivity contribution in [3.63, 3.8) is 0 Å². The number of ether oxygens (including phenoxy) is 1.